The lowest BCUT2D eigenvalue weighted by Crippen LogP contribution is -2.12. The van der Waals surface area contributed by atoms with E-state index in [0.717, 1.165) is 0 Å². The molecule has 1 aromatic rings. The second-order valence-corrected chi connectivity index (χ2v) is 4.01. The highest BCUT2D eigenvalue weighted by atomic mass is 16.6. The lowest BCUT2D eigenvalue weighted by Gasteiger charge is -2.05. The fourth-order valence-corrected chi connectivity index (χ4v) is 1.41. The van der Waals surface area contributed by atoms with Crippen LogP contribution in [0, 0.1) is 11.3 Å². The number of rotatable bonds is 7. The van der Waals surface area contributed by atoms with Crippen LogP contribution in [0.5, 0.6) is 0 Å². The van der Waals surface area contributed by atoms with Crippen molar-refractivity contribution in [1.82, 2.24) is 0 Å². The molecule has 1 N–H and O–H groups in total. The smallest absolute Gasteiger partial charge is 0.350 e. The van der Waals surface area contributed by atoms with E-state index < -0.39 is 11.9 Å². The van der Waals surface area contributed by atoms with Gasteiger partial charge in [0.2, 0.25) is 0 Å². The van der Waals surface area contributed by atoms with Crippen LogP contribution in [0.4, 0.5) is 5.69 Å². The van der Waals surface area contributed by atoms with Crippen LogP contribution in [0.15, 0.2) is 36.0 Å². The van der Waals surface area contributed by atoms with E-state index in [4.69, 9.17) is 14.7 Å². The Morgan fingerprint density at radius 1 is 1.23 bits per heavy atom. The summed E-state index contributed by atoms with van der Waals surface area (Å²) in [5.41, 5.74) is 0.828. The van der Waals surface area contributed by atoms with E-state index in [9.17, 15) is 9.59 Å². The molecule has 0 aliphatic heterocycles. The molecule has 0 fully saturated rings. The van der Waals surface area contributed by atoms with Gasteiger partial charge in [-0.2, -0.15) is 5.26 Å². The Bertz CT molecular complexity index is 587. The van der Waals surface area contributed by atoms with Gasteiger partial charge in [-0.05, 0) is 24.3 Å². The zero-order valence-electron chi connectivity index (χ0n) is 12.3. The molecule has 7 heteroatoms. The highest BCUT2D eigenvalue weighted by molar-refractivity contribution is 5.93. The average Bonchev–Trinajstić information content (AvgIpc) is 2.55. The summed E-state index contributed by atoms with van der Waals surface area (Å²) in [5, 5.41) is 11.7. The normalized spacial score (nSPS) is 10.5. The molecule has 0 aliphatic rings. The molecule has 0 saturated carbocycles. The minimum absolute atomic E-state index is 0.0716. The van der Waals surface area contributed by atoms with Gasteiger partial charge >= 0.3 is 11.9 Å². The molecule has 0 aromatic heterocycles. The average molecular weight is 304 g/mol. The highest BCUT2D eigenvalue weighted by Gasteiger charge is 2.10. The molecule has 0 spiro atoms. The molecule has 1 aromatic carbocycles. The van der Waals surface area contributed by atoms with Crippen molar-refractivity contribution in [3.8, 4) is 6.07 Å². The fraction of sp³-hybridized carbons (Fsp3) is 0.267. The zero-order valence-corrected chi connectivity index (χ0v) is 12.3. The second kappa shape index (κ2) is 9.15. The number of carbonyl (C=O) groups excluding carboxylic acids is 2. The molecule has 0 atom stereocenters. The zero-order chi connectivity index (χ0) is 16.4. The molecule has 0 radical (unpaired) electrons. The van der Waals surface area contributed by atoms with Crippen LogP contribution < -0.4 is 5.32 Å². The molecule has 0 aliphatic carbocycles. The summed E-state index contributed by atoms with van der Waals surface area (Å²) in [5.74, 6) is -1.18. The third-order valence-corrected chi connectivity index (χ3v) is 2.55. The molecule has 0 amide bonds. The van der Waals surface area contributed by atoms with E-state index in [0.29, 0.717) is 11.3 Å². The molecule has 0 unspecified atom stereocenters. The van der Waals surface area contributed by atoms with Crippen molar-refractivity contribution >= 4 is 17.6 Å². The summed E-state index contributed by atoms with van der Waals surface area (Å²) in [7, 11) is 2.78. The first-order chi connectivity index (χ1) is 10.6. The van der Waals surface area contributed by atoms with E-state index in [-0.39, 0.29) is 18.8 Å². The van der Waals surface area contributed by atoms with Gasteiger partial charge < -0.3 is 19.5 Å². The third kappa shape index (κ3) is 5.26. The van der Waals surface area contributed by atoms with E-state index in [2.05, 4.69) is 10.1 Å². The number of methoxy groups -OCH3 is 2. The Morgan fingerprint density at radius 2 is 1.91 bits per heavy atom. The first kappa shape index (κ1) is 17.2. The van der Waals surface area contributed by atoms with E-state index in [1.54, 1.807) is 30.3 Å². The van der Waals surface area contributed by atoms with Gasteiger partial charge in [-0.15, -0.1) is 0 Å². The summed E-state index contributed by atoms with van der Waals surface area (Å²) >= 11 is 0. The van der Waals surface area contributed by atoms with Gasteiger partial charge in [0.05, 0.1) is 19.3 Å². The molecule has 0 heterocycles. The molecule has 116 valence electrons. The van der Waals surface area contributed by atoms with Gasteiger partial charge in [-0.3, -0.25) is 0 Å². The number of hydrogen-bond donors (Lipinski definition) is 1. The number of benzene rings is 1. The standard InChI is InChI=1S/C15H16N2O5/c1-20-7-8-22-15(19)12(9-16)10-17-13-5-3-11(4-6-13)14(18)21-2/h3-6,10,17H,7-8H2,1-2H3/b12-10-. The molecule has 0 bridgehead atoms. The lowest BCUT2D eigenvalue weighted by molar-refractivity contribution is -0.139. The van der Waals surface area contributed by atoms with Gasteiger partial charge in [0, 0.05) is 19.0 Å². The summed E-state index contributed by atoms with van der Waals surface area (Å²) in [6.45, 7) is 0.328. The van der Waals surface area contributed by atoms with E-state index in [1.807, 2.05) is 0 Å². The summed E-state index contributed by atoms with van der Waals surface area (Å²) in [6, 6.07) is 8.11. The molecule has 7 nitrogen and oxygen atoms in total. The first-order valence-electron chi connectivity index (χ1n) is 6.33. The maximum atomic E-state index is 11.6. The van der Waals surface area contributed by atoms with E-state index >= 15 is 0 Å². The number of nitriles is 1. The number of anilines is 1. The van der Waals surface area contributed by atoms with Crippen LogP contribution in [-0.4, -0.2) is 39.4 Å². The fourth-order valence-electron chi connectivity index (χ4n) is 1.41. The maximum Gasteiger partial charge on any atom is 0.350 e. The van der Waals surface area contributed by atoms with Crippen LogP contribution in [-0.2, 0) is 19.0 Å². The molecule has 1 rings (SSSR count). The molecular formula is C15H16N2O5. The van der Waals surface area contributed by atoms with Gasteiger partial charge in [0.25, 0.3) is 0 Å². The topological polar surface area (TPSA) is 97.6 Å². The Labute approximate surface area is 128 Å². The van der Waals surface area contributed by atoms with Crippen molar-refractivity contribution in [2.75, 3.05) is 32.8 Å². The van der Waals surface area contributed by atoms with Crippen molar-refractivity contribution in [3.05, 3.63) is 41.6 Å². The Morgan fingerprint density at radius 3 is 2.45 bits per heavy atom. The predicted octanol–water partition coefficient (Wildman–Crippen LogP) is 1.48. The lowest BCUT2D eigenvalue weighted by atomic mass is 10.2. The van der Waals surface area contributed by atoms with Crippen molar-refractivity contribution in [3.63, 3.8) is 0 Å². The number of nitrogens with zero attached hydrogens (tertiary/aromatic N) is 1. The van der Waals surface area contributed by atoms with Gasteiger partial charge in [-0.25, -0.2) is 9.59 Å². The molecule has 0 saturated heterocycles. The minimum atomic E-state index is -0.738. The number of carbonyl (C=O) groups is 2. The van der Waals surface area contributed by atoms with Crippen LogP contribution >= 0.6 is 0 Å². The van der Waals surface area contributed by atoms with Gasteiger partial charge in [0.1, 0.15) is 12.7 Å². The predicted molar refractivity (Wildman–Crippen MR) is 77.9 cm³/mol. The van der Waals surface area contributed by atoms with Gasteiger partial charge in [0.15, 0.2) is 5.57 Å². The molecular weight excluding hydrogens is 288 g/mol. The summed E-state index contributed by atoms with van der Waals surface area (Å²) in [4.78, 5) is 22.9. The third-order valence-electron chi connectivity index (χ3n) is 2.55. The monoisotopic (exact) mass is 304 g/mol. The summed E-state index contributed by atoms with van der Waals surface area (Å²) in [6.07, 6.45) is 1.24. The number of hydrogen-bond acceptors (Lipinski definition) is 7. The van der Waals surface area contributed by atoms with Crippen molar-refractivity contribution in [1.29, 1.82) is 5.26 Å². The number of esters is 2. The van der Waals surface area contributed by atoms with Crippen molar-refractivity contribution in [2.45, 2.75) is 0 Å². The SMILES string of the molecule is COCCOC(=O)/C(C#N)=C\Nc1ccc(C(=O)OC)cc1. The van der Waals surface area contributed by atoms with Crippen LogP contribution in [0.25, 0.3) is 0 Å². The van der Waals surface area contributed by atoms with Crippen molar-refractivity contribution < 1.29 is 23.8 Å². The van der Waals surface area contributed by atoms with E-state index in [1.165, 1.54) is 20.4 Å². The van der Waals surface area contributed by atoms with Crippen molar-refractivity contribution in [2.24, 2.45) is 0 Å². The Balaban J connectivity index is 2.66. The second-order valence-electron chi connectivity index (χ2n) is 4.01. The minimum Gasteiger partial charge on any atom is -0.465 e. The van der Waals surface area contributed by atoms with Crippen LogP contribution in [0.2, 0.25) is 0 Å². The number of ether oxygens (including phenoxy) is 3. The van der Waals surface area contributed by atoms with Gasteiger partial charge in [-0.1, -0.05) is 0 Å². The highest BCUT2D eigenvalue weighted by Crippen LogP contribution is 2.11. The maximum absolute atomic E-state index is 11.6. The summed E-state index contributed by atoms with van der Waals surface area (Å²) < 4.78 is 14.2. The Hall–Kier alpha value is -2.85. The quantitative estimate of drug-likeness (QED) is 0.352. The van der Waals surface area contributed by atoms with Crippen LogP contribution in [0.1, 0.15) is 10.4 Å². The van der Waals surface area contributed by atoms with Crippen LogP contribution in [0.3, 0.4) is 0 Å². The number of nitrogens with one attached hydrogen (secondary N) is 1. The molecule has 22 heavy (non-hydrogen) atoms. The Kier molecular flexibility index (Phi) is 7.16. The first-order valence-corrected chi connectivity index (χ1v) is 6.33. The largest absolute Gasteiger partial charge is 0.465 e.